The van der Waals surface area contributed by atoms with Crippen LogP contribution in [0.3, 0.4) is 0 Å². The first kappa shape index (κ1) is 13.9. The fourth-order valence-electron chi connectivity index (χ4n) is 2.05. The van der Waals surface area contributed by atoms with Crippen molar-refractivity contribution in [1.29, 1.82) is 0 Å². The van der Waals surface area contributed by atoms with Gasteiger partial charge in [-0.2, -0.15) is 0 Å². The van der Waals surface area contributed by atoms with Gasteiger partial charge in [0.25, 0.3) is 0 Å². The number of nitrogens with two attached hydrogens (primary N) is 1. The molecule has 2 N–H and O–H groups in total. The molecule has 1 aliphatic rings. The molecule has 0 aliphatic heterocycles. The fraction of sp³-hybridized carbons (Fsp3) is 0.0588. The molecule has 0 heterocycles. The maximum absolute atomic E-state index is 12.1. The largest absolute Gasteiger partial charge is 0.327 e. The average Bonchev–Trinajstić information content (AvgIpc) is 2.53. The molecule has 1 aliphatic carbocycles. The summed E-state index contributed by atoms with van der Waals surface area (Å²) in [6, 6.07) is 13.9. The van der Waals surface area contributed by atoms with E-state index in [0.29, 0.717) is 28.8 Å². The van der Waals surface area contributed by atoms with Crippen molar-refractivity contribution in [1.82, 2.24) is 0 Å². The van der Waals surface area contributed by atoms with Gasteiger partial charge in [-0.1, -0.05) is 54.6 Å². The maximum atomic E-state index is 12.1. The standard InChI is InChI=1S/C14H8O2.C3H7N/c15-13-9-5-1-2-6-10(9)14(16)12-8-4-3-7-11(12)13;1-2-3-4/h1-8H;2H,1,3-4H2. The molecule has 0 fully saturated rings. The van der Waals surface area contributed by atoms with E-state index in [4.69, 9.17) is 5.73 Å². The van der Waals surface area contributed by atoms with Crippen molar-refractivity contribution in [3.63, 3.8) is 0 Å². The molecule has 3 rings (SSSR count). The van der Waals surface area contributed by atoms with Crippen LogP contribution in [0.15, 0.2) is 61.2 Å². The second kappa shape index (κ2) is 6.08. The van der Waals surface area contributed by atoms with Crippen LogP contribution in [0.1, 0.15) is 31.8 Å². The molecular formula is C17H15NO2. The molecule has 3 nitrogen and oxygen atoms in total. The van der Waals surface area contributed by atoms with Crippen molar-refractivity contribution in [2.24, 2.45) is 5.73 Å². The van der Waals surface area contributed by atoms with E-state index in [2.05, 4.69) is 6.58 Å². The Bertz CT molecular complexity index is 569. The highest BCUT2D eigenvalue weighted by atomic mass is 16.1. The molecular weight excluding hydrogens is 250 g/mol. The van der Waals surface area contributed by atoms with Gasteiger partial charge in [-0.3, -0.25) is 9.59 Å². The Labute approximate surface area is 117 Å². The quantitative estimate of drug-likeness (QED) is 0.688. The van der Waals surface area contributed by atoms with Crippen molar-refractivity contribution in [3.05, 3.63) is 83.4 Å². The van der Waals surface area contributed by atoms with Crippen molar-refractivity contribution in [2.75, 3.05) is 6.54 Å². The molecule has 0 atom stereocenters. The van der Waals surface area contributed by atoms with Gasteiger partial charge in [-0.25, -0.2) is 0 Å². The van der Waals surface area contributed by atoms with E-state index in [1.165, 1.54) is 0 Å². The number of carbonyl (C=O) groups is 2. The van der Waals surface area contributed by atoms with E-state index in [-0.39, 0.29) is 11.6 Å². The summed E-state index contributed by atoms with van der Waals surface area (Å²) in [5, 5.41) is 0. The first-order valence-electron chi connectivity index (χ1n) is 6.29. The minimum atomic E-state index is -0.0641. The molecule has 20 heavy (non-hydrogen) atoms. The summed E-state index contributed by atoms with van der Waals surface area (Å²) < 4.78 is 0. The number of hydrogen-bond acceptors (Lipinski definition) is 3. The normalized spacial score (nSPS) is 11.8. The maximum Gasteiger partial charge on any atom is 0.194 e. The molecule has 0 bridgehead atoms. The zero-order chi connectivity index (χ0) is 14.5. The number of benzene rings is 2. The van der Waals surface area contributed by atoms with Gasteiger partial charge in [0.2, 0.25) is 0 Å². The third kappa shape index (κ3) is 2.44. The van der Waals surface area contributed by atoms with Gasteiger partial charge in [0.15, 0.2) is 11.6 Å². The zero-order valence-electron chi connectivity index (χ0n) is 11.0. The number of carbonyl (C=O) groups excluding carboxylic acids is 2. The molecule has 2 aromatic rings. The van der Waals surface area contributed by atoms with Crippen molar-refractivity contribution < 1.29 is 9.59 Å². The molecule has 0 spiro atoms. The smallest absolute Gasteiger partial charge is 0.194 e. The Morgan fingerprint density at radius 1 is 0.800 bits per heavy atom. The summed E-state index contributed by atoms with van der Waals surface area (Å²) in [7, 11) is 0. The Kier molecular flexibility index (Phi) is 4.23. The summed E-state index contributed by atoms with van der Waals surface area (Å²) in [5.41, 5.74) is 6.93. The third-order valence-electron chi connectivity index (χ3n) is 3.00. The lowest BCUT2D eigenvalue weighted by Gasteiger charge is -2.16. The van der Waals surface area contributed by atoms with Crippen LogP contribution in [0.25, 0.3) is 0 Å². The third-order valence-corrected chi connectivity index (χ3v) is 3.00. The zero-order valence-corrected chi connectivity index (χ0v) is 11.0. The topological polar surface area (TPSA) is 60.2 Å². The van der Waals surface area contributed by atoms with Crippen molar-refractivity contribution in [2.45, 2.75) is 0 Å². The molecule has 0 saturated carbocycles. The average molecular weight is 265 g/mol. The molecule has 0 amide bonds. The SMILES string of the molecule is C=CCN.O=C1c2ccccc2C(=O)c2ccccc21. The van der Waals surface area contributed by atoms with Gasteiger partial charge >= 0.3 is 0 Å². The van der Waals surface area contributed by atoms with Crippen molar-refractivity contribution in [3.8, 4) is 0 Å². The Morgan fingerprint density at radius 3 is 1.25 bits per heavy atom. The first-order valence-corrected chi connectivity index (χ1v) is 6.29. The van der Waals surface area contributed by atoms with E-state index in [9.17, 15) is 9.59 Å². The van der Waals surface area contributed by atoms with E-state index < -0.39 is 0 Å². The van der Waals surface area contributed by atoms with Gasteiger partial charge in [0, 0.05) is 28.8 Å². The van der Waals surface area contributed by atoms with E-state index in [1.54, 1.807) is 54.6 Å². The fourth-order valence-corrected chi connectivity index (χ4v) is 2.05. The second-order valence-corrected chi connectivity index (χ2v) is 4.27. The second-order valence-electron chi connectivity index (χ2n) is 4.27. The van der Waals surface area contributed by atoms with Crippen LogP contribution < -0.4 is 5.73 Å². The summed E-state index contributed by atoms with van der Waals surface area (Å²) in [5.74, 6) is -0.128. The van der Waals surface area contributed by atoms with Gasteiger partial charge < -0.3 is 5.73 Å². The molecule has 0 radical (unpaired) electrons. The van der Waals surface area contributed by atoms with E-state index >= 15 is 0 Å². The minimum Gasteiger partial charge on any atom is -0.327 e. The predicted molar refractivity (Wildman–Crippen MR) is 79.0 cm³/mol. The highest BCUT2D eigenvalue weighted by molar-refractivity contribution is 6.28. The van der Waals surface area contributed by atoms with Gasteiger partial charge in [0.1, 0.15) is 0 Å². The lowest BCUT2D eigenvalue weighted by Crippen LogP contribution is -2.20. The van der Waals surface area contributed by atoms with Crippen LogP contribution in [-0.4, -0.2) is 18.1 Å². The van der Waals surface area contributed by atoms with Gasteiger partial charge in [-0.05, 0) is 0 Å². The van der Waals surface area contributed by atoms with Crippen LogP contribution in [-0.2, 0) is 0 Å². The Morgan fingerprint density at radius 2 is 1.05 bits per heavy atom. The summed E-state index contributed by atoms with van der Waals surface area (Å²) in [4.78, 5) is 24.2. The first-order chi connectivity index (χ1) is 9.70. The number of rotatable bonds is 1. The van der Waals surface area contributed by atoms with Crippen LogP contribution in [0.5, 0.6) is 0 Å². The number of hydrogen-bond donors (Lipinski definition) is 1. The predicted octanol–water partition coefficient (Wildman–Crippen LogP) is 2.59. The Balaban J connectivity index is 0.000000328. The van der Waals surface area contributed by atoms with Crippen LogP contribution >= 0.6 is 0 Å². The molecule has 2 aromatic carbocycles. The molecule has 3 heteroatoms. The molecule has 0 unspecified atom stereocenters. The molecule has 0 saturated heterocycles. The van der Waals surface area contributed by atoms with Crippen LogP contribution in [0.4, 0.5) is 0 Å². The van der Waals surface area contributed by atoms with Gasteiger partial charge in [0.05, 0.1) is 0 Å². The highest BCUT2D eigenvalue weighted by Crippen LogP contribution is 2.26. The van der Waals surface area contributed by atoms with Crippen LogP contribution in [0, 0.1) is 0 Å². The lowest BCUT2D eigenvalue weighted by atomic mass is 9.84. The van der Waals surface area contributed by atoms with E-state index in [0.717, 1.165) is 0 Å². The lowest BCUT2D eigenvalue weighted by molar-refractivity contribution is 0.0979. The summed E-state index contributed by atoms with van der Waals surface area (Å²) >= 11 is 0. The van der Waals surface area contributed by atoms with E-state index in [1.807, 2.05) is 0 Å². The minimum absolute atomic E-state index is 0.0641. The number of fused-ring (bicyclic) bond motifs is 2. The summed E-state index contributed by atoms with van der Waals surface area (Å²) in [6.07, 6.45) is 1.65. The van der Waals surface area contributed by atoms with Crippen LogP contribution in [0.2, 0.25) is 0 Å². The summed E-state index contributed by atoms with van der Waals surface area (Å²) in [6.45, 7) is 3.94. The number of ketones is 2. The van der Waals surface area contributed by atoms with Gasteiger partial charge in [-0.15, -0.1) is 6.58 Å². The van der Waals surface area contributed by atoms with Crippen molar-refractivity contribution >= 4 is 11.6 Å². The monoisotopic (exact) mass is 265 g/mol. The molecule has 0 aromatic heterocycles. The highest BCUT2D eigenvalue weighted by Gasteiger charge is 2.28. The Hall–Kier alpha value is -2.52. The molecule has 100 valence electrons.